The van der Waals surface area contributed by atoms with Gasteiger partial charge in [0.1, 0.15) is 11.6 Å². The summed E-state index contributed by atoms with van der Waals surface area (Å²) >= 11 is 1.31. The molecule has 0 aliphatic rings. The van der Waals surface area contributed by atoms with Crippen molar-refractivity contribution in [2.75, 3.05) is 19.0 Å². The lowest BCUT2D eigenvalue weighted by Crippen LogP contribution is -2.14. The first kappa shape index (κ1) is 15.7. The van der Waals surface area contributed by atoms with E-state index in [0.29, 0.717) is 6.54 Å². The van der Waals surface area contributed by atoms with Crippen LogP contribution in [0.2, 0.25) is 0 Å². The van der Waals surface area contributed by atoms with Gasteiger partial charge in [-0.25, -0.2) is 4.98 Å². The lowest BCUT2D eigenvalue weighted by atomic mass is 9.96. The van der Waals surface area contributed by atoms with Gasteiger partial charge in [0, 0.05) is 23.5 Å². The van der Waals surface area contributed by atoms with E-state index < -0.39 is 6.10 Å². The van der Waals surface area contributed by atoms with E-state index in [-0.39, 0.29) is 5.41 Å². The fraction of sp³-hybridized carbons (Fsp3) is 0.467. The van der Waals surface area contributed by atoms with Crippen LogP contribution in [0, 0.1) is 0 Å². The minimum Gasteiger partial charge on any atom is -0.497 e. The van der Waals surface area contributed by atoms with Crippen LogP contribution in [0.25, 0.3) is 0 Å². The molecular formula is C15H21N3O2S. The normalized spacial score (nSPS) is 13.0. The third kappa shape index (κ3) is 4.15. The number of aliphatic hydroxyl groups excluding tert-OH is 1. The quantitative estimate of drug-likeness (QED) is 0.889. The molecule has 5 nitrogen and oxygen atoms in total. The van der Waals surface area contributed by atoms with Crippen LogP contribution in [0.4, 0.5) is 5.13 Å². The van der Waals surface area contributed by atoms with Gasteiger partial charge in [-0.1, -0.05) is 32.9 Å². The molecule has 0 aliphatic carbocycles. The van der Waals surface area contributed by atoms with E-state index in [2.05, 4.69) is 35.4 Å². The molecule has 1 heterocycles. The molecule has 2 rings (SSSR count). The number of rotatable bonds is 5. The molecule has 2 N–H and O–H groups in total. The Labute approximate surface area is 129 Å². The van der Waals surface area contributed by atoms with Crippen molar-refractivity contribution < 1.29 is 9.84 Å². The first-order valence-corrected chi connectivity index (χ1v) is 7.57. The number of nitrogens with zero attached hydrogens (tertiary/aromatic N) is 2. The summed E-state index contributed by atoms with van der Waals surface area (Å²) in [6, 6.07) is 7.41. The molecule has 0 aliphatic heterocycles. The summed E-state index contributed by atoms with van der Waals surface area (Å²) in [5.41, 5.74) is 0.740. The summed E-state index contributed by atoms with van der Waals surface area (Å²) < 4.78 is 9.49. The molecule has 0 fully saturated rings. The summed E-state index contributed by atoms with van der Waals surface area (Å²) in [5.74, 6) is 1.54. The predicted molar refractivity (Wildman–Crippen MR) is 85.1 cm³/mol. The van der Waals surface area contributed by atoms with E-state index in [9.17, 15) is 5.11 Å². The molecule has 0 spiro atoms. The Hall–Kier alpha value is -1.66. The number of hydrogen-bond donors (Lipinski definition) is 2. The van der Waals surface area contributed by atoms with Crippen molar-refractivity contribution in [2.45, 2.75) is 32.3 Å². The van der Waals surface area contributed by atoms with E-state index in [1.165, 1.54) is 11.5 Å². The van der Waals surface area contributed by atoms with Crippen molar-refractivity contribution in [3.63, 3.8) is 0 Å². The molecule has 0 radical (unpaired) electrons. The van der Waals surface area contributed by atoms with Crippen LogP contribution in [0.1, 0.15) is 38.3 Å². The number of aliphatic hydroxyl groups is 1. The standard InChI is InChI=1S/C15H21N3O2S/c1-15(2,3)13-17-14(21-18-13)16-9-12(19)10-6-5-7-11(8-10)20-4/h5-8,12,19H,9H2,1-4H3,(H,16,17,18). The maximum absolute atomic E-state index is 10.2. The van der Waals surface area contributed by atoms with Gasteiger partial charge >= 0.3 is 0 Å². The first-order valence-electron chi connectivity index (χ1n) is 6.80. The van der Waals surface area contributed by atoms with E-state index >= 15 is 0 Å². The zero-order chi connectivity index (χ0) is 15.5. The lowest BCUT2D eigenvalue weighted by Gasteiger charge is -2.13. The van der Waals surface area contributed by atoms with Crippen molar-refractivity contribution in [1.82, 2.24) is 9.36 Å². The number of anilines is 1. The number of hydrogen-bond acceptors (Lipinski definition) is 6. The average Bonchev–Trinajstić information content (AvgIpc) is 2.94. The van der Waals surface area contributed by atoms with Crippen LogP contribution in [-0.4, -0.2) is 28.1 Å². The van der Waals surface area contributed by atoms with Gasteiger partial charge in [0.15, 0.2) is 0 Å². The van der Waals surface area contributed by atoms with Gasteiger partial charge in [0.25, 0.3) is 0 Å². The monoisotopic (exact) mass is 307 g/mol. The molecule has 6 heteroatoms. The van der Waals surface area contributed by atoms with E-state index in [4.69, 9.17) is 4.74 Å². The maximum Gasteiger partial charge on any atom is 0.202 e. The van der Waals surface area contributed by atoms with Gasteiger partial charge in [-0.2, -0.15) is 4.37 Å². The molecule has 0 bridgehead atoms. The molecule has 1 unspecified atom stereocenters. The van der Waals surface area contributed by atoms with Crippen LogP contribution >= 0.6 is 11.5 Å². The Kier molecular flexibility index (Phi) is 4.80. The number of benzene rings is 1. The van der Waals surface area contributed by atoms with Crippen LogP contribution in [0.3, 0.4) is 0 Å². The van der Waals surface area contributed by atoms with Gasteiger partial charge in [-0.15, -0.1) is 0 Å². The second-order valence-corrected chi connectivity index (χ2v) is 6.60. The Bertz CT molecular complexity index is 593. The van der Waals surface area contributed by atoms with Gasteiger partial charge < -0.3 is 15.2 Å². The molecular weight excluding hydrogens is 286 g/mol. The van der Waals surface area contributed by atoms with Crippen molar-refractivity contribution in [3.8, 4) is 5.75 Å². The third-order valence-corrected chi connectivity index (χ3v) is 3.69. The molecule has 0 amide bonds. The van der Waals surface area contributed by atoms with Crippen molar-refractivity contribution in [3.05, 3.63) is 35.7 Å². The van der Waals surface area contributed by atoms with Crippen LogP contribution < -0.4 is 10.1 Å². The zero-order valence-corrected chi connectivity index (χ0v) is 13.6. The maximum atomic E-state index is 10.2. The number of ether oxygens (including phenoxy) is 1. The molecule has 2 aromatic rings. The lowest BCUT2D eigenvalue weighted by molar-refractivity contribution is 0.191. The molecule has 0 saturated heterocycles. The zero-order valence-electron chi connectivity index (χ0n) is 12.8. The van der Waals surface area contributed by atoms with Crippen LogP contribution in [-0.2, 0) is 5.41 Å². The second kappa shape index (κ2) is 6.41. The summed E-state index contributed by atoms with van der Waals surface area (Å²) in [6.07, 6.45) is -0.623. The average molecular weight is 307 g/mol. The highest BCUT2D eigenvalue weighted by molar-refractivity contribution is 7.09. The molecule has 114 valence electrons. The summed E-state index contributed by atoms with van der Waals surface area (Å²) in [5, 5.41) is 14.1. The Morgan fingerprint density at radius 1 is 1.38 bits per heavy atom. The van der Waals surface area contributed by atoms with Gasteiger partial charge in [-0.05, 0) is 17.7 Å². The highest BCUT2D eigenvalue weighted by atomic mass is 32.1. The van der Waals surface area contributed by atoms with E-state index in [1.807, 2.05) is 24.3 Å². The van der Waals surface area contributed by atoms with Crippen LogP contribution in [0.15, 0.2) is 24.3 Å². The minimum absolute atomic E-state index is 0.0676. The SMILES string of the molecule is COc1cccc(C(O)CNc2nc(C(C)(C)C)ns2)c1. The molecule has 1 aromatic carbocycles. The fourth-order valence-electron chi connectivity index (χ4n) is 1.75. The smallest absolute Gasteiger partial charge is 0.202 e. The summed E-state index contributed by atoms with van der Waals surface area (Å²) in [6.45, 7) is 6.60. The van der Waals surface area contributed by atoms with Gasteiger partial charge in [-0.3, -0.25) is 0 Å². The Morgan fingerprint density at radius 2 is 2.14 bits per heavy atom. The Balaban J connectivity index is 1.97. The molecule has 1 aromatic heterocycles. The minimum atomic E-state index is -0.623. The highest BCUT2D eigenvalue weighted by Gasteiger charge is 2.19. The van der Waals surface area contributed by atoms with E-state index in [0.717, 1.165) is 22.3 Å². The molecule has 0 saturated carbocycles. The molecule has 21 heavy (non-hydrogen) atoms. The van der Waals surface area contributed by atoms with Gasteiger partial charge in [0.05, 0.1) is 13.2 Å². The van der Waals surface area contributed by atoms with Crippen molar-refractivity contribution in [1.29, 1.82) is 0 Å². The number of aromatic nitrogens is 2. The Morgan fingerprint density at radius 3 is 2.76 bits per heavy atom. The molecule has 1 atom stereocenters. The van der Waals surface area contributed by atoms with Crippen molar-refractivity contribution >= 4 is 16.7 Å². The predicted octanol–water partition coefficient (Wildman–Crippen LogP) is 2.99. The highest BCUT2D eigenvalue weighted by Crippen LogP contribution is 2.24. The number of nitrogens with one attached hydrogen (secondary N) is 1. The van der Waals surface area contributed by atoms with E-state index in [1.54, 1.807) is 7.11 Å². The second-order valence-electron chi connectivity index (χ2n) is 5.85. The first-order chi connectivity index (χ1) is 9.90. The van der Waals surface area contributed by atoms with Gasteiger partial charge in [0.2, 0.25) is 5.13 Å². The fourth-order valence-corrected chi connectivity index (χ4v) is 2.51. The van der Waals surface area contributed by atoms with Crippen molar-refractivity contribution in [2.24, 2.45) is 0 Å². The summed E-state index contributed by atoms with van der Waals surface area (Å²) in [7, 11) is 1.61. The topological polar surface area (TPSA) is 67.3 Å². The third-order valence-electron chi connectivity index (χ3n) is 3.02. The largest absolute Gasteiger partial charge is 0.497 e. The van der Waals surface area contributed by atoms with Crippen LogP contribution in [0.5, 0.6) is 5.75 Å². The summed E-state index contributed by atoms with van der Waals surface area (Å²) in [4.78, 5) is 4.44. The number of methoxy groups -OCH3 is 1.